The minimum atomic E-state index is 0.809. The van der Waals surface area contributed by atoms with Gasteiger partial charge in [0.1, 0.15) is 5.75 Å². The fraction of sp³-hybridized carbons (Fsp3) is 0.0588. The Hall–Kier alpha value is -2.48. The van der Waals surface area contributed by atoms with E-state index in [1.165, 1.54) is 32.3 Å². The van der Waals surface area contributed by atoms with Crippen LogP contribution < -0.4 is 10.5 Å². The summed E-state index contributed by atoms with van der Waals surface area (Å²) < 4.78 is 5.36. The molecular formula is C17H13NO. The molecule has 92 valence electrons. The molecule has 4 rings (SSSR count). The molecule has 2 heteroatoms. The zero-order valence-corrected chi connectivity index (χ0v) is 10.6. The Kier molecular flexibility index (Phi) is 1.93. The van der Waals surface area contributed by atoms with Gasteiger partial charge in [-0.1, -0.05) is 24.3 Å². The lowest BCUT2D eigenvalue weighted by atomic mass is 9.94. The number of hydrogen-bond donors (Lipinski definition) is 1. The van der Waals surface area contributed by atoms with Crippen LogP contribution in [0, 0.1) is 0 Å². The normalized spacial score (nSPS) is 11.6. The molecule has 0 fully saturated rings. The number of ether oxygens (including phenoxy) is 1. The van der Waals surface area contributed by atoms with Crippen molar-refractivity contribution in [2.45, 2.75) is 0 Å². The molecule has 2 nitrogen and oxygen atoms in total. The van der Waals surface area contributed by atoms with E-state index in [9.17, 15) is 0 Å². The molecule has 0 bridgehead atoms. The second-order valence-electron chi connectivity index (χ2n) is 4.92. The topological polar surface area (TPSA) is 35.2 Å². The summed E-state index contributed by atoms with van der Waals surface area (Å²) in [5.74, 6) is 0.894. The van der Waals surface area contributed by atoms with Crippen molar-refractivity contribution in [3.63, 3.8) is 0 Å². The maximum absolute atomic E-state index is 5.96. The van der Waals surface area contributed by atoms with Gasteiger partial charge in [0.15, 0.2) is 0 Å². The first-order valence-corrected chi connectivity index (χ1v) is 6.28. The molecule has 0 unspecified atom stereocenters. The zero-order valence-electron chi connectivity index (χ0n) is 10.6. The molecule has 19 heavy (non-hydrogen) atoms. The molecule has 0 saturated carbocycles. The second kappa shape index (κ2) is 3.51. The van der Waals surface area contributed by atoms with Crippen LogP contribution in [0.15, 0.2) is 48.5 Å². The molecule has 0 aliphatic heterocycles. The lowest BCUT2D eigenvalue weighted by molar-refractivity contribution is 0.416. The molecule has 0 aliphatic rings. The lowest BCUT2D eigenvalue weighted by Crippen LogP contribution is -1.89. The molecule has 0 aromatic heterocycles. The number of benzene rings is 4. The molecule has 4 aromatic rings. The third kappa shape index (κ3) is 1.37. The van der Waals surface area contributed by atoms with E-state index in [1.807, 2.05) is 12.1 Å². The summed E-state index contributed by atoms with van der Waals surface area (Å²) >= 11 is 0. The van der Waals surface area contributed by atoms with Crippen molar-refractivity contribution >= 4 is 38.0 Å². The number of rotatable bonds is 1. The van der Waals surface area contributed by atoms with Crippen LogP contribution >= 0.6 is 0 Å². The van der Waals surface area contributed by atoms with E-state index in [1.54, 1.807) is 7.11 Å². The van der Waals surface area contributed by atoms with Crippen LogP contribution in [0.2, 0.25) is 0 Å². The summed E-state index contributed by atoms with van der Waals surface area (Å²) in [4.78, 5) is 0. The SMILES string of the molecule is COc1cc2ccc3cc(N)cc4ccc(c1)c2c34. The van der Waals surface area contributed by atoms with E-state index in [0.29, 0.717) is 0 Å². The Morgan fingerprint density at radius 1 is 0.737 bits per heavy atom. The third-order valence-corrected chi connectivity index (χ3v) is 3.77. The number of anilines is 1. The van der Waals surface area contributed by atoms with Gasteiger partial charge in [0, 0.05) is 5.69 Å². The highest BCUT2D eigenvalue weighted by atomic mass is 16.5. The van der Waals surface area contributed by atoms with Crippen LogP contribution in [0.1, 0.15) is 0 Å². The van der Waals surface area contributed by atoms with Gasteiger partial charge in [-0.3, -0.25) is 0 Å². The molecule has 0 atom stereocenters. The quantitative estimate of drug-likeness (QED) is 0.404. The van der Waals surface area contributed by atoms with E-state index in [4.69, 9.17) is 10.5 Å². The molecule has 0 saturated heterocycles. The molecule has 0 spiro atoms. The van der Waals surface area contributed by atoms with Gasteiger partial charge in [0.25, 0.3) is 0 Å². The largest absolute Gasteiger partial charge is 0.497 e. The van der Waals surface area contributed by atoms with Crippen LogP contribution in [-0.4, -0.2) is 7.11 Å². The molecule has 2 N–H and O–H groups in total. The minimum Gasteiger partial charge on any atom is -0.497 e. The van der Waals surface area contributed by atoms with E-state index in [0.717, 1.165) is 11.4 Å². The molecule has 4 aromatic carbocycles. The number of nitrogen functional groups attached to an aromatic ring is 1. The van der Waals surface area contributed by atoms with Crippen LogP contribution in [0.3, 0.4) is 0 Å². The van der Waals surface area contributed by atoms with E-state index < -0.39 is 0 Å². The fourth-order valence-corrected chi connectivity index (χ4v) is 2.95. The maximum Gasteiger partial charge on any atom is 0.120 e. The zero-order chi connectivity index (χ0) is 13.0. The van der Waals surface area contributed by atoms with Gasteiger partial charge >= 0.3 is 0 Å². The highest BCUT2D eigenvalue weighted by Crippen LogP contribution is 2.37. The molecule has 0 aliphatic carbocycles. The minimum absolute atomic E-state index is 0.809. The van der Waals surface area contributed by atoms with Crippen molar-refractivity contribution in [2.24, 2.45) is 0 Å². The third-order valence-electron chi connectivity index (χ3n) is 3.77. The average molecular weight is 247 g/mol. The Morgan fingerprint density at radius 2 is 1.16 bits per heavy atom. The van der Waals surface area contributed by atoms with Gasteiger partial charge in [0.05, 0.1) is 7.11 Å². The van der Waals surface area contributed by atoms with Crippen LogP contribution in [0.25, 0.3) is 32.3 Å². The van der Waals surface area contributed by atoms with Crippen molar-refractivity contribution in [1.29, 1.82) is 0 Å². The van der Waals surface area contributed by atoms with Crippen molar-refractivity contribution in [3.8, 4) is 5.75 Å². The summed E-state index contributed by atoms with van der Waals surface area (Å²) in [5.41, 5.74) is 6.77. The average Bonchev–Trinajstić information content (AvgIpc) is 2.43. The van der Waals surface area contributed by atoms with Crippen molar-refractivity contribution in [3.05, 3.63) is 48.5 Å². The Balaban J connectivity index is 2.31. The highest BCUT2D eigenvalue weighted by Gasteiger charge is 2.09. The van der Waals surface area contributed by atoms with E-state index in [-0.39, 0.29) is 0 Å². The number of hydrogen-bond acceptors (Lipinski definition) is 2. The van der Waals surface area contributed by atoms with Gasteiger partial charge in [-0.2, -0.15) is 0 Å². The van der Waals surface area contributed by atoms with Gasteiger partial charge in [-0.15, -0.1) is 0 Å². The van der Waals surface area contributed by atoms with Gasteiger partial charge in [-0.05, 0) is 56.6 Å². The van der Waals surface area contributed by atoms with Crippen molar-refractivity contribution < 1.29 is 4.74 Å². The van der Waals surface area contributed by atoms with Crippen molar-refractivity contribution in [2.75, 3.05) is 12.8 Å². The highest BCUT2D eigenvalue weighted by molar-refractivity contribution is 6.23. The van der Waals surface area contributed by atoms with Gasteiger partial charge in [0.2, 0.25) is 0 Å². The number of methoxy groups -OCH3 is 1. The van der Waals surface area contributed by atoms with Gasteiger partial charge in [-0.25, -0.2) is 0 Å². The number of nitrogens with two attached hydrogens (primary N) is 1. The summed E-state index contributed by atoms with van der Waals surface area (Å²) in [7, 11) is 1.70. The standard InChI is InChI=1S/C17H13NO/c1-19-15-8-12-4-2-10-6-14(18)7-11-3-5-13(9-15)17(12)16(10)11/h2-9H,18H2,1H3. The summed E-state index contributed by atoms with van der Waals surface area (Å²) in [6.45, 7) is 0. The smallest absolute Gasteiger partial charge is 0.120 e. The van der Waals surface area contributed by atoms with Crippen molar-refractivity contribution in [1.82, 2.24) is 0 Å². The first-order valence-electron chi connectivity index (χ1n) is 6.28. The molecular weight excluding hydrogens is 234 g/mol. The van der Waals surface area contributed by atoms with E-state index in [2.05, 4.69) is 36.4 Å². The Morgan fingerprint density at radius 3 is 1.58 bits per heavy atom. The first kappa shape index (κ1) is 10.4. The fourth-order valence-electron chi connectivity index (χ4n) is 2.95. The summed E-state index contributed by atoms with van der Waals surface area (Å²) in [5, 5.41) is 7.37. The molecule has 0 amide bonds. The van der Waals surface area contributed by atoms with Crippen LogP contribution in [0.5, 0.6) is 5.75 Å². The maximum atomic E-state index is 5.96. The predicted octanol–water partition coefficient (Wildman–Crippen LogP) is 4.17. The van der Waals surface area contributed by atoms with E-state index >= 15 is 0 Å². The molecule has 0 radical (unpaired) electrons. The first-order chi connectivity index (χ1) is 9.26. The Bertz CT molecular complexity index is 844. The molecule has 0 heterocycles. The predicted molar refractivity (Wildman–Crippen MR) is 81.1 cm³/mol. The lowest BCUT2D eigenvalue weighted by Gasteiger charge is -2.12. The summed E-state index contributed by atoms with van der Waals surface area (Å²) in [6.07, 6.45) is 0. The summed E-state index contributed by atoms with van der Waals surface area (Å²) in [6, 6.07) is 16.7. The van der Waals surface area contributed by atoms with Crippen LogP contribution in [0.4, 0.5) is 5.69 Å². The van der Waals surface area contributed by atoms with Gasteiger partial charge < -0.3 is 10.5 Å². The monoisotopic (exact) mass is 247 g/mol. The van der Waals surface area contributed by atoms with Crippen LogP contribution in [-0.2, 0) is 0 Å². The second-order valence-corrected chi connectivity index (χ2v) is 4.92. The Labute approximate surface area is 110 Å².